The van der Waals surface area contributed by atoms with Gasteiger partial charge in [0.25, 0.3) is 0 Å². The van der Waals surface area contributed by atoms with E-state index in [1.54, 1.807) is 0 Å². The number of H-pyrrole nitrogens is 1. The van der Waals surface area contributed by atoms with Gasteiger partial charge in [-0.25, -0.2) is 0 Å². The minimum atomic E-state index is -0.0178. The van der Waals surface area contributed by atoms with Crippen molar-refractivity contribution in [2.24, 2.45) is 0 Å². The number of nitrogens with zero attached hydrogens (tertiary/aromatic N) is 2. The van der Waals surface area contributed by atoms with Gasteiger partial charge in [0, 0.05) is 23.5 Å². The maximum absolute atomic E-state index is 12.2. The van der Waals surface area contributed by atoms with Crippen molar-refractivity contribution in [2.45, 2.75) is 12.8 Å². The lowest BCUT2D eigenvalue weighted by atomic mass is 10.1. The second-order valence-corrected chi connectivity index (χ2v) is 5.87. The van der Waals surface area contributed by atoms with Crippen LogP contribution in [-0.4, -0.2) is 19.6 Å². The summed E-state index contributed by atoms with van der Waals surface area (Å²) in [6.07, 6.45) is 3.10. The molecule has 2 N–H and O–H groups in total. The normalized spacial score (nSPS) is 11.1. The van der Waals surface area contributed by atoms with Crippen molar-refractivity contribution in [1.29, 1.82) is 0 Å². The van der Waals surface area contributed by atoms with Gasteiger partial charge in [0.15, 0.2) is 0 Å². The van der Waals surface area contributed by atoms with Gasteiger partial charge in [0.2, 0.25) is 5.91 Å². The molecule has 0 bridgehead atoms. The molecule has 2 aromatic carbocycles. The van der Waals surface area contributed by atoms with E-state index in [2.05, 4.69) is 25.1 Å². The van der Waals surface area contributed by atoms with Crippen LogP contribution in [0.25, 0.3) is 21.9 Å². The Morgan fingerprint density at radius 1 is 1.13 bits per heavy atom. The Labute approximate surface area is 136 Å². The van der Waals surface area contributed by atoms with Crippen LogP contribution in [-0.2, 0) is 11.2 Å². The Bertz CT molecular complexity index is 988. The third kappa shape index (κ3) is 2.68. The second-order valence-electron chi connectivity index (χ2n) is 5.35. The molecule has 0 spiro atoms. The van der Waals surface area contributed by atoms with Gasteiger partial charge in [-0.2, -0.15) is 8.75 Å². The molecule has 1 amide bonds. The average Bonchev–Trinajstić information content (AvgIpc) is 3.20. The molecule has 0 atom stereocenters. The molecule has 0 radical (unpaired) electrons. The Morgan fingerprint density at radius 2 is 2.04 bits per heavy atom. The lowest BCUT2D eigenvalue weighted by Crippen LogP contribution is -2.12. The van der Waals surface area contributed by atoms with Crippen LogP contribution >= 0.6 is 11.7 Å². The third-order valence-corrected chi connectivity index (χ3v) is 4.40. The highest BCUT2D eigenvalue weighted by molar-refractivity contribution is 7.00. The molecule has 0 saturated carbocycles. The van der Waals surface area contributed by atoms with Crippen molar-refractivity contribution in [3.05, 3.63) is 54.2 Å². The van der Waals surface area contributed by atoms with Gasteiger partial charge in [-0.3, -0.25) is 4.79 Å². The number of carbonyl (C=O) groups excluding carboxylic acids is 1. The molecular weight excluding hydrogens is 308 g/mol. The van der Waals surface area contributed by atoms with Crippen molar-refractivity contribution in [3.8, 4) is 0 Å². The van der Waals surface area contributed by atoms with E-state index in [4.69, 9.17) is 0 Å². The van der Waals surface area contributed by atoms with Gasteiger partial charge in [0.05, 0.1) is 17.4 Å². The molecule has 6 heteroatoms. The van der Waals surface area contributed by atoms with Crippen LogP contribution in [0.15, 0.2) is 48.7 Å². The van der Waals surface area contributed by atoms with Crippen molar-refractivity contribution in [1.82, 2.24) is 13.7 Å². The van der Waals surface area contributed by atoms with Crippen molar-refractivity contribution in [2.75, 3.05) is 5.32 Å². The number of benzene rings is 2. The van der Waals surface area contributed by atoms with Gasteiger partial charge in [0.1, 0.15) is 11.0 Å². The van der Waals surface area contributed by atoms with E-state index in [9.17, 15) is 4.79 Å². The smallest absolute Gasteiger partial charge is 0.224 e. The molecule has 114 valence electrons. The van der Waals surface area contributed by atoms with Crippen molar-refractivity contribution in [3.63, 3.8) is 0 Å². The molecule has 4 rings (SSSR count). The summed E-state index contributed by atoms with van der Waals surface area (Å²) in [6.45, 7) is 0. The van der Waals surface area contributed by atoms with Crippen LogP contribution in [0.5, 0.6) is 0 Å². The third-order valence-electron chi connectivity index (χ3n) is 3.86. The minimum Gasteiger partial charge on any atom is -0.361 e. The molecule has 0 aliphatic heterocycles. The summed E-state index contributed by atoms with van der Waals surface area (Å²) in [5.74, 6) is -0.0178. The number of carbonyl (C=O) groups is 1. The fourth-order valence-corrected chi connectivity index (χ4v) is 3.26. The number of aromatic nitrogens is 3. The number of nitrogens with one attached hydrogen (secondary N) is 2. The maximum Gasteiger partial charge on any atom is 0.224 e. The molecule has 0 aliphatic rings. The number of para-hydroxylation sites is 1. The monoisotopic (exact) mass is 322 g/mol. The van der Waals surface area contributed by atoms with Crippen LogP contribution in [0, 0.1) is 0 Å². The lowest BCUT2D eigenvalue weighted by Gasteiger charge is -2.05. The predicted octanol–water partition coefficient (Wildman–Crippen LogP) is 3.74. The van der Waals surface area contributed by atoms with Crippen LogP contribution in [0.4, 0.5) is 5.69 Å². The number of rotatable bonds is 4. The zero-order valence-electron chi connectivity index (χ0n) is 12.2. The SMILES string of the molecule is O=C(CCc1c[nH]c2ccccc12)Nc1cccc2nsnc12. The highest BCUT2D eigenvalue weighted by Gasteiger charge is 2.10. The van der Waals surface area contributed by atoms with Crippen molar-refractivity contribution < 1.29 is 4.79 Å². The first-order valence-electron chi connectivity index (χ1n) is 7.37. The van der Waals surface area contributed by atoms with E-state index in [0.29, 0.717) is 12.8 Å². The summed E-state index contributed by atoms with van der Waals surface area (Å²) in [4.78, 5) is 15.5. The summed E-state index contributed by atoms with van der Waals surface area (Å²) in [6, 6.07) is 13.7. The summed E-state index contributed by atoms with van der Waals surface area (Å²) < 4.78 is 8.42. The first-order valence-corrected chi connectivity index (χ1v) is 8.10. The van der Waals surface area contributed by atoms with E-state index >= 15 is 0 Å². The average molecular weight is 322 g/mol. The van der Waals surface area contributed by atoms with Gasteiger partial charge in [-0.15, -0.1) is 0 Å². The highest BCUT2D eigenvalue weighted by atomic mass is 32.1. The fraction of sp³-hybridized carbons (Fsp3) is 0.118. The zero-order chi connectivity index (χ0) is 15.6. The standard InChI is InChI=1S/C17H14N4OS/c22-16(19-14-6-3-7-15-17(14)21-23-20-15)9-8-11-10-18-13-5-2-1-4-12(11)13/h1-7,10,18H,8-9H2,(H,19,22). The van der Waals surface area contributed by atoms with Crippen LogP contribution in [0.2, 0.25) is 0 Å². The van der Waals surface area contributed by atoms with Gasteiger partial charge >= 0.3 is 0 Å². The molecule has 4 aromatic rings. The second kappa shape index (κ2) is 5.81. The number of amides is 1. The molecule has 0 unspecified atom stereocenters. The molecule has 2 aromatic heterocycles. The first kappa shape index (κ1) is 13.9. The Morgan fingerprint density at radius 3 is 3.00 bits per heavy atom. The van der Waals surface area contributed by atoms with Crippen molar-refractivity contribution >= 4 is 45.3 Å². The van der Waals surface area contributed by atoms with Gasteiger partial charge < -0.3 is 10.3 Å². The van der Waals surface area contributed by atoms with E-state index in [1.807, 2.05) is 42.6 Å². The number of fused-ring (bicyclic) bond motifs is 2. The largest absolute Gasteiger partial charge is 0.361 e. The molecule has 5 nitrogen and oxygen atoms in total. The topological polar surface area (TPSA) is 70.7 Å². The summed E-state index contributed by atoms with van der Waals surface area (Å²) >= 11 is 1.15. The first-order chi connectivity index (χ1) is 11.3. The Hall–Kier alpha value is -2.73. The van der Waals surface area contributed by atoms with E-state index in [-0.39, 0.29) is 5.91 Å². The molecule has 23 heavy (non-hydrogen) atoms. The lowest BCUT2D eigenvalue weighted by molar-refractivity contribution is -0.116. The van der Waals surface area contributed by atoms with Crippen LogP contribution in [0.1, 0.15) is 12.0 Å². The van der Waals surface area contributed by atoms with E-state index in [1.165, 1.54) is 5.39 Å². The predicted molar refractivity (Wildman–Crippen MR) is 92.7 cm³/mol. The molecule has 0 saturated heterocycles. The highest BCUT2D eigenvalue weighted by Crippen LogP contribution is 2.22. The van der Waals surface area contributed by atoms with Crippen LogP contribution in [0.3, 0.4) is 0 Å². The summed E-state index contributed by atoms with van der Waals surface area (Å²) in [7, 11) is 0. The summed E-state index contributed by atoms with van der Waals surface area (Å²) in [5.41, 5.74) is 4.54. The minimum absolute atomic E-state index is 0.0178. The fourth-order valence-electron chi connectivity index (χ4n) is 2.71. The number of hydrogen-bond acceptors (Lipinski definition) is 4. The quantitative estimate of drug-likeness (QED) is 0.601. The number of anilines is 1. The molecule has 0 aliphatic carbocycles. The molecule has 0 fully saturated rings. The van der Waals surface area contributed by atoms with Gasteiger partial charge in [-0.05, 0) is 30.2 Å². The Balaban J connectivity index is 1.47. The number of hydrogen-bond donors (Lipinski definition) is 2. The van der Waals surface area contributed by atoms with E-state index < -0.39 is 0 Å². The zero-order valence-corrected chi connectivity index (χ0v) is 13.1. The molecular formula is C17H14N4OS. The van der Waals surface area contributed by atoms with E-state index in [0.717, 1.165) is 39.5 Å². The molecule has 2 heterocycles. The number of aryl methyl sites for hydroxylation is 1. The maximum atomic E-state index is 12.2. The van der Waals surface area contributed by atoms with Crippen LogP contribution < -0.4 is 5.32 Å². The number of aromatic amines is 1. The summed E-state index contributed by atoms with van der Waals surface area (Å²) in [5, 5.41) is 4.11. The Kier molecular flexibility index (Phi) is 3.51. The van der Waals surface area contributed by atoms with Gasteiger partial charge in [-0.1, -0.05) is 24.3 Å².